The molecule has 0 aliphatic carbocycles. The number of nitrogens with one attached hydrogen (secondary N) is 4. The van der Waals surface area contributed by atoms with Crippen molar-refractivity contribution in [1.29, 1.82) is 0 Å². The number of aliphatic carboxylic acids is 1. The number of aliphatic hydroxyl groups excluding tert-OH is 1. The summed E-state index contributed by atoms with van der Waals surface area (Å²) in [4.78, 5) is 55.4. The predicted molar refractivity (Wildman–Crippen MR) is 213 cm³/mol. The fraction of sp³-hybridized carbons (Fsp3) is 0.429. The molecule has 9 rings (SSSR count). The molecular formula is C42H52N8O8. The number of hydrogen-bond donors (Lipinski definition) is 6. The van der Waals surface area contributed by atoms with E-state index >= 15 is 0 Å². The molecular weight excluding hydrogens is 745 g/mol. The molecule has 0 radical (unpaired) electrons. The number of nitrogens with zero attached hydrogens (tertiary/aromatic N) is 4. The van der Waals surface area contributed by atoms with Crippen LogP contribution in [0.3, 0.4) is 0 Å². The van der Waals surface area contributed by atoms with E-state index in [-0.39, 0.29) is 31.8 Å². The van der Waals surface area contributed by atoms with Gasteiger partial charge >= 0.3 is 5.97 Å². The minimum absolute atomic E-state index is 0.00376. The van der Waals surface area contributed by atoms with Gasteiger partial charge in [-0.1, -0.05) is 59.8 Å². The minimum atomic E-state index is -1.29. The lowest BCUT2D eigenvalue weighted by Gasteiger charge is -2.35. The number of benzene rings is 3. The number of aryl methyl sites for hydroxylation is 1. The molecule has 1 unspecified atom stereocenters. The van der Waals surface area contributed by atoms with Gasteiger partial charge in [-0.15, -0.1) is 5.10 Å². The lowest BCUT2D eigenvalue weighted by Crippen LogP contribution is -2.60. The molecule has 1 aromatic heterocycles. The van der Waals surface area contributed by atoms with Gasteiger partial charge in [-0.05, 0) is 74.2 Å². The number of carboxylic acid groups (broad SMARTS) is 1. The van der Waals surface area contributed by atoms with Crippen LogP contribution in [0.15, 0.2) is 85.1 Å². The van der Waals surface area contributed by atoms with Crippen LogP contribution in [0.5, 0.6) is 11.5 Å². The Morgan fingerprint density at radius 2 is 1.59 bits per heavy atom. The number of hydrogen-bond acceptors (Lipinski definition) is 11. The highest BCUT2D eigenvalue weighted by atomic mass is 16.5. The first-order valence-corrected chi connectivity index (χ1v) is 19.7. The van der Waals surface area contributed by atoms with Crippen molar-refractivity contribution in [2.24, 2.45) is 0 Å². The van der Waals surface area contributed by atoms with E-state index in [9.17, 15) is 29.4 Å². The lowest BCUT2D eigenvalue weighted by atomic mass is 10.0. The first-order chi connectivity index (χ1) is 28.1. The molecule has 5 aliphatic rings. The molecule has 1 fully saturated rings. The summed E-state index contributed by atoms with van der Waals surface area (Å²) in [6.07, 6.45) is 2.52. The molecule has 6 bridgehead atoms. The van der Waals surface area contributed by atoms with E-state index in [2.05, 4.69) is 31.6 Å². The maximum Gasteiger partial charge on any atom is 0.326 e. The van der Waals surface area contributed by atoms with Crippen molar-refractivity contribution >= 4 is 23.7 Å². The van der Waals surface area contributed by atoms with Crippen molar-refractivity contribution in [2.45, 2.75) is 95.0 Å². The number of ether oxygens (including phenoxy) is 2. The summed E-state index contributed by atoms with van der Waals surface area (Å²) in [6.45, 7) is 3.26. The molecule has 6 heterocycles. The standard InChI is InChI=1S/C42H52N8O8/c1-27(43-2)38(51)45-35-23-29-13-17-33(18-14-29)58-26-31-25-49(48-47-31)19-7-21-57-32-15-11-30(12-16-32)24-36(42(55)56)46-39(52)34(22-28-8-4-3-5-9-28)44-40(53)37-10-6-20-50(37)41(35)54/h3-5,8-9,11-18,25,27,34-37,41,43,54H,6-7,10,19-24,26H2,1-2H3,(H,44,53)(H,45,51)(H,46,52)(H,55,56)/t27-,34+,35-,36-,37+,41?/m0/s1. The smallest absolute Gasteiger partial charge is 0.326 e. The van der Waals surface area contributed by atoms with Crippen LogP contribution in [-0.2, 0) is 51.6 Å². The van der Waals surface area contributed by atoms with E-state index < -0.39 is 54.2 Å². The molecule has 16 nitrogen and oxygen atoms in total. The Morgan fingerprint density at radius 3 is 2.28 bits per heavy atom. The number of carbonyl (C=O) groups is 4. The van der Waals surface area contributed by atoms with E-state index in [1.807, 2.05) is 48.7 Å². The number of rotatable bonds is 6. The SMILES string of the molecule is CN[C@@H](C)C(=O)N[C@H]1Cc2ccc(cc2)OCc2cn(nn2)CCCOc2ccc(cc2)C[C@@H](C(=O)O)NC(=O)[C@@H](Cc2ccccc2)NC(=O)[C@H]2CCCN2C1O. The van der Waals surface area contributed by atoms with Gasteiger partial charge in [-0.25, -0.2) is 4.79 Å². The van der Waals surface area contributed by atoms with Gasteiger partial charge in [0.2, 0.25) is 17.7 Å². The second-order valence-corrected chi connectivity index (χ2v) is 14.7. The van der Waals surface area contributed by atoms with Crippen LogP contribution in [0.2, 0.25) is 0 Å². The molecule has 0 saturated carbocycles. The summed E-state index contributed by atoms with van der Waals surface area (Å²) >= 11 is 0. The third-order valence-corrected chi connectivity index (χ3v) is 10.5. The second-order valence-electron chi connectivity index (χ2n) is 14.7. The third kappa shape index (κ3) is 11.4. The molecule has 3 amide bonds. The predicted octanol–water partition coefficient (Wildman–Crippen LogP) is 1.60. The van der Waals surface area contributed by atoms with Crippen molar-refractivity contribution < 1.29 is 38.9 Å². The summed E-state index contributed by atoms with van der Waals surface area (Å²) < 4.78 is 13.6. The van der Waals surface area contributed by atoms with Gasteiger partial charge in [0, 0.05) is 32.4 Å². The van der Waals surface area contributed by atoms with Gasteiger partial charge in [0.25, 0.3) is 0 Å². The number of carboxylic acids is 1. The van der Waals surface area contributed by atoms with Gasteiger partial charge in [0.1, 0.15) is 42.1 Å². The van der Waals surface area contributed by atoms with Crippen molar-refractivity contribution in [2.75, 3.05) is 20.2 Å². The fourth-order valence-corrected chi connectivity index (χ4v) is 7.11. The van der Waals surface area contributed by atoms with Crippen LogP contribution in [0.25, 0.3) is 0 Å². The Morgan fingerprint density at radius 1 is 0.897 bits per heavy atom. The van der Waals surface area contributed by atoms with E-state index in [1.165, 1.54) is 0 Å². The molecule has 6 N–H and O–H groups in total. The molecule has 58 heavy (non-hydrogen) atoms. The molecule has 6 atom stereocenters. The summed E-state index contributed by atoms with van der Waals surface area (Å²) in [5.74, 6) is -1.48. The molecule has 3 aromatic carbocycles. The van der Waals surface area contributed by atoms with Gasteiger partial charge in [-0.2, -0.15) is 0 Å². The highest BCUT2D eigenvalue weighted by Gasteiger charge is 2.40. The van der Waals surface area contributed by atoms with Crippen LogP contribution in [0, 0.1) is 0 Å². The fourth-order valence-electron chi connectivity index (χ4n) is 7.11. The topological polar surface area (TPSA) is 209 Å². The highest BCUT2D eigenvalue weighted by Crippen LogP contribution is 2.24. The average Bonchev–Trinajstić information content (AvgIpc) is 3.92. The van der Waals surface area contributed by atoms with Gasteiger partial charge < -0.3 is 41.0 Å². The summed E-state index contributed by atoms with van der Waals surface area (Å²) in [5, 5.41) is 42.0. The second kappa shape index (κ2) is 20.0. The van der Waals surface area contributed by atoms with Crippen LogP contribution < -0.4 is 30.7 Å². The van der Waals surface area contributed by atoms with Crippen LogP contribution in [0.4, 0.5) is 0 Å². The Labute approximate surface area is 337 Å². The monoisotopic (exact) mass is 796 g/mol. The van der Waals surface area contributed by atoms with Crippen molar-refractivity contribution in [3.8, 4) is 11.5 Å². The Hall–Kier alpha value is -5.84. The van der Waals surface area contributed by atoms with E-state index in [4.69, 9.17) is 9.47 Å². The first kappa shape index (κ1) is 41.8. The zero-order valence-corrected chi connectivity index (χ0v) is 32.8. The Bertz CT molecular complexity index is 1980. The van der Waals surface area contributed by atoms with Gasteiger partial charge in [-0.3, -0.25) is 24.0 Å². The van der Waals surface area contributed by atoms with Crippen LogP contribution >= 0.6 is 0 Å². The van der Waals surface area contributed by atoms with E-state index in [0.29, 0.717) is 61.7 Å². The number of likely N-dealkylation sites (N-methyl/N-ethyl adjacent to an activating group) is 1. The van der Waals surface area contributed by atoms with Crippen molar-refractivity contribution in [1.82, 2.24) is 41.2 Å². The molecule has 0 spiro atoms. The third-order valence-electron chi connectivity index (χ3n) is 10.5. The number of aromatic nitrogens is 3. The minimum Gasteiger partial charge on any atom is -0.494 e. The maximum atomic E-state index is 14.1. The molecule has 1 saturated heterocycles. The van der Waals surface area contributed by atoms with E-state index in [0.717, 1.165) is 11.1 Å². The molecule has 4 aromatic rings. The average molecular weight is 797 g/mol. The largest absolute Gasteiger partial charge is 0.494 e. The molecule has 5 aliphatic heterocycles. The van der Waals surface area contributed by atoms with Crippen LogP contribution in [0.1, 0.15) is 48.6 Å². The van der Waals surface area contributed by atoms with Crippen molar-refractivity contribution in [3.63, 3.8) is 0 Å². The van der Waals surface area contributed by atoms with Crippen molar-refractivity contribution in [3.05, 3.63) is 107 Å². The van der Waals surface area contributed by atoms with E-state index in [1.54, 1.807) is 60.0 Å². The quantitative estimate of drug-likeness (QED) is 0.165. The number of amides is 3. The first-order valence-electron chi connectivity index (χ1n) is 19.7. The Balaban J connectivity index is 1.27. The lowest BCUT2D eigenvalue weighted by molar-refractivity contribution is -0.142. The normalized spacial score (nSPS) is 23.1. The number of carbonyl (C=O) groups excluding carboxylic acids is 3. The summed E-state index contributed by atoms with van der Waals surface area (Å²) in [6, 6.07) is 18.9. The van der Waals surface area contributed by atoms with Gasteiger partial charge in [0.05, 0.1) is 30.9 Å². The molecule has 308 valence electrons. The van der Waals surface area contributed by atoms with Gasteiger partial charge in [0.15, 0.2) is 0 Å². The van der Waals surface area contributed by atoms with Crippen LogP contribution in [-0.4, -0.2) is 110 Å². The number of aliphatic hydroxyl groups is 1. The Kier molecular flexibility index (Phi) is 14.4. The maximum absolute atomic E-state index is 14.1. The zero-order chi connectivity index (χ0) is 41.0. The summed E-state index contributed by atoms with van der Waals surface area (Å²) in [5.41, 5.74) is 2.90. The highest BCUT2D eigenvalue weighted by molar-refractivity contribution is 5.92. The molecule has 16 heteroatoms. The summed E-state index contributed by atoms with van der Waals surface area (Å²) in [7, 11) is 1.67. The zero-order valence-electron chi connectivity index (χ0n) is 32.8.